The van der Waals surface area contributed by atoms with E-state index in [1.807, 2.05) is 73.7 Å². The van der Waals surface area contributed by atoms with Crippen molar-refractivity contribution in [1.82, 2.24) is 9.78 Å². The van der Waals surface area contributed by atoms with E-state index < -0.39 is 6.29 Å². The monoisotopic (exact) mass is 496 g/mol. The minimum absolute atomic E-state index is 0.113. The van der Waals surface area contributed by atoms with Crippen LogP contribution in [0.3, 0.4) is 0 Å². The van der Waals surface area contributed by atoms with Crippen LogP contribution in [0.1, 0.15) is 40.5 Å². The number of methoxy groups -OCH3 is 1. The summed E-state index contributed by atoms with van der Waals surface area (Å²) in [4.78, 5) is 15.7. The standard InChI is InChI=1S/C29H28N4O4/c1-18-36-29(37-18)26-25-15-16-32(21-9-7-19(8-10-21)24-6-4-3-5-20(24)17-30)28(34)27(25)33(31-26)22-11-13-23(35-2)14-12-22/h3-14,18,29H,15-17,30H2,1-2H3. The van der Waals surface area contributed by atoms with Crippen molar-refractivity contribution in [3.8, 4) is 22.6 Å². The summed E-state index contributed by atoms with van der Waals surface area (Å²) in [5.41, 5.74) is 12.8. The fourth-order valence-electron chi connectivity index (χ4n) is 5.02. The maximum atomic E-state index is 13.9. The third-order valence-corrected chi connectivity index (χ3v) is 6.95. The third kappa shape index (κ3) is 4.09. The van der Waals surface area contributed by atoms with Crippen LogP contribution < -0.4 is 15.4 Å². The lowest BCUT2D eigenvalue weighted by Gasteiger charge is -2.34. The van der Waals surface area contributed by atoms with Gasteiger partial charge >= 0.3 is 0 Å². The van der Waals surface area contributed by atoms with Crippen LogP contribution in [0.15, 0.2) is 72.8 Å². The number of aromatic nitrogens is 2. The Morgan fingerprint density at radius 2 is 1.70 bits per heavy atom. The molecular weight excluding hydrogens is 468 g/mol. The van der Waals surface area contributed by atoms with E-state index in [-0.39, 0.29) is 12.2 Å². The Bertz CT molecular complexity index is 1440. The molecule has 4 aromatic rings. The molecule has 2 aliphatic rings. The molecule has 0 unspecified atom stereocenters. The number of nitrogens with zero attached hydrogens (tertiary/aromatic N) is 3. The maximum absolute atomic E-state index is 13.9. The van der Waals surface area contributed by atoms with Crippen LogP contribution in [0.4, 0.5) is 5.69 Å². The van der Waals surface area contributed by atoms with Crippen LogP contribution in [-0.4, -0.2) is 35.6 Å². The Morgan fingerprint density at radius 3 is 2.38 bits per heavy atom. The summed E-state index contributed by atoms with van der Waals surface area (Å²) >= 11 is 0. The molecule has 2 aliphatic heterocycles. The Kier molecular flexibility index (Phi) is 6.00. The fraction of sp³-hybridized carbons (Fsp3) is 0.241. The molecule has 3 aromatic carbocycles. The molecule has 37 heavy (non-hydrogen) atoms. The Hall–Kier alpha value is -3.98. The van der Waals surface area contributed by atoms with Crippen molar-refractivity contribution < 1.29 is 19.0 Å². The number of fused-ring (bicyclic) bond motifs is 1. The van der Waals surface area contributed by atoms with Crippen LogP contribution in [0.25, 0.3) is 16.8 Å². The normalized spacial score (nSPS) is 18.9. The molecule has 3 heterocycles. The molecule has 1 aromatic heterocycles. The topological polar surface area (TPSA) is 91.8 Å². The maximum Gasteiger partial charge on any atom is 0.277 e. The number of carbonyl (C=O) groups is 1. The molecule has 8 nitrogen and oxygen atoms in total. The molecule has 2 N–H and O–H groups in total. The molecule has 1 fully saturated rings. The molecule has 0 spiro atoms. The van der Waals surface area contributed by atoms with Gasteiger partial charge in [-0.25, -0.2) is 4.68 Å². The lowest BCUT2D eigenvalue weighted by Crippen LogP contribution is -2.39. The van der Waals surface area contributed by atoms with Crippen molar-refractivity contribution in [2.75, 3.05) is 18.6 Å². The van der Waals surface area contributed by atoms with Crippen LogP contribution in [-0.2, 0) is 22.4 Å². The molecule has 1 amide bonds. The zero-order valence-electron chi connectivity index (χ0n) is 20.8. The highest BCUT2D eigenvalue weighted by Crippen LogP contribution is 2.38. The lowest BCUT2D eigenvalue weighted by atomic mass is 9.98. The van der Waals surface area contributed by atoms with Crippen LogP contribution in [0.2, 0.25) is 0 Å². The van der Waals surface area contributed by atoms with E-state index in [0.29, 0.717) is 30.9 Å². The Balaban J connectivity index is 1.36. The van der Waals surface area contributed by atoms with Crippen molar-refractivity contribution in [1.29, 1.82) is 0 Å². The molecule has 1 saturated heterocycles. The zero-order chi connectivity index (χ0) is 25.5. The van der Waals surface area contributed by atoms with Gasteiger partial charge < -0.3 is 24.8 Å². The average molecular weight is 497 g/mol. The summed E-state index contributed by atoms with van der Waals surface area (Å²) in [6.07, 6.45) is -0.211. The number of anilines is 1. The average Bonchev–Trinajstić information content (AvgIpc) is 3.31. The van der Waals surface area contributed by atoms with Crippen LogP contribution in [0, 0.1) is 0 Å². The van der Waals surface area contributed by atoms with E-state index in [1.165, 1.54) is 0 Å². The van der Waals surface area contributed by atoms with E-state index in [0.717, 1.165) is 39.4 Å². The van der Waals surface area contributed by atoms with E-state index >= 15 is 0 Å². The molecule has 0 aliphatic carbocycles. The predicted octanol–water partition coefficient (Wildman–Crippen LogP) is 4.60. The van der Waals surface area contributed by atoms with Crippen LogP contribution in [0.5, 0.6) is 5.75 Å². The second-order valence-corrected chi connectivity index (χ2v) is 9.11. The number of carbonyl (C=O) groups excluding carboxylic acids is 1. The van der Waals surface area contributed by atoms with E-state index in [2.05, 4.69) is 6.07 Å². The first-order valence-electron chi connectivity index (χ1n) is 12.3. The minimum Gasteiger partial charge on any atom is -0.497 e. The largest absolute Gasteiger partial charge is 0.497 e. The van der Waals surface area contributed by atoms with Crippen molar-refractivity contribution >= 4 is 11.6 Å². The van der Waals surface area contributed by atoms with Gasteiger partial charge in [0.1, 0.15) is 17.1 Å². The molecular formula is C29H28N4O4. The highest BCUT2D eigenvalue weighted by molar-refractivity contribution is 6.07. The fourth-order valence-corrected chi connectivity index (χ4v) is 5.02. The summed E-state index contributed by atoms with van der Waals surface area (Å²) in [5, 5.41) is 4.79. The first-order valence-corrected chi connectivity index (χ1v) is 12.3. The highest BCUT2D eigenvalue weighted by atomic mass is 16.9. The molecule has 0 bridgehead atoms. The van der Waals surface area contributed by atoms with E-state index in [9.17, 15) is 4.79 Å². The second kappa shape index (κ2) is 9.48. The van der Waals surface area contributed by atoms with Gasteiger partial charge in [0.15, 0.2) is 6.29 Å². The highest BCUT2D eigenvalue weighted by Gasteiger charge is 2.39. The quantitative estimate of drug-likeness (QED) is 0.420. The Morgan fingerprint density at radius 1 is 1.00 bits per heavy atom. The van der Waals surface area contributed by atoms with Gasteiger partial charge in [-0.05, 0) is 66.4 Å². The predicted molar refractivity (Wildman–Crippen MR) is 140 cm³/mol. The minimum atomic E-state index is -0.565. The summed E-state index contributed by atoms with van der Waals surface area (Å²) < 4.78 is 18.5. The van der Waals surface area contributed by atoms with Gasteiger partial charge in [0, 0.05) is 24.3 Å². The van der Waals surface area contributed by atoms with Crippen molar-refractivity contribution in [3.63, 3.8) is 0 Å². The van der Waals surface area contributed by atoms with Gasteiger partial charge in [0.2, 0.25) is 6.29 Å². The van der Waals surface area contributed by atoms with Gasteiger partial charge in [0.25, 0.3) is 5.91 Å². The number of ether oxygens (including phenoxy) is 3. The zero-order valence-corrected chi connectivity index (χ0v) is 20.8. The van der Waals surface area contributed by atoms with Gasteiger partial charge in [-0.15, -0.1) is 0 Å². The number of amides is 1. The lowest BCUT2D eigenvalue weighted by molar-refractivity contribution is -0.384. The van der Waals surface area contributed by atoms with Gasteiger partial charge in [0.05, 0.1) is 12.8 Å². The van der Waals surface area contributed by atoms with Gasteiger partial charge in [-0.2, -0.15) is 5.10 Å². The molecule has 0 saturated carbocycles. The second-order valence-electron chi connectivity index (χ2n) is 9.11. The first kappa shape index (κ1) is 23.4. The molecule has 8 heteroatoms. The SMILES string of the molecule is COc1ccc(-n2nc(C3OC(C)O3)c3c2C(=O)N(c2ccc(-c4ccccc4CN)cc2)CC3)cc1. The number of rotatable bonds is 6. The number of hydrogen-bond acceptors (Lipinski definition) is 6. The van der Waals surface area contributed by atoms with E-state index in [1.54, 1.807) is 16.7 Å². The van der Waals surface area contributed by atoms with Crippen molar-refractivity contribution in [2.45, 2.75) is 32.5 Å². The molecule has 188 valence electrons. The number of benzene rings is 3. The summed E-state index contributed by atoms with van der Waals surface area (Å²) in [6, 6.07) is 23.6. The summed E-state index contributed by atoms with van der Waals surface area (Å²) in [5.74, 6) is 0.618. The van der Waals surface area contributed by atoms with Gasteiger partial charge in [-0.3, -0.25) is 4.79 Å². The number of nitrogens with two attached hydrogens (primary N) is 1. The van der Waals surface area contributed by atoms with Crippen molar-refractivity contribution in [2.24, 2.45) is 5.73 Å². The molecule has 0 radical (unpaired) electrons. The van der Waals surface area contributed by atoms with Gasteiger partial charge in [-0.1, -0.05) is 36.4 Å². The number of hydrogen-bond donors (Lipinski definition) is 1. The summed E-state index contributed by atoms with van der Waals surface area (Å²) in [6.45, 7) is 2.84. The van der Waals surface area contributed by atoms with Crippen LogP contribution >= 0.6 is 0 Å². The summed E-state index contributed by atoms with van der Waals surface area (Å²) in [7, 11) is 1.62. The Labute approximate surface area is 215 Å². The first-order chi connectivity index (χ1) is 18.1. The molecule has 0 atom stereocenters. The smallest absolute Gasteiger partial charge is 0.277 e. The van der Waals surface area contributed by atoms with E-state index in [4.69, 9.17) is 25.0 Å². The molecule has 6 rings (SSSR count). The van der Waals surface area contributed by atoms with Crippen molar-refractivity contribution in [3.05, 3.63) is 95.3 Å². The third-order valence-electron chi connectivity index (χ3n) is 6.95.